The van der Waals surface area contributed by atoms with Crippen LogP contribution in [0.4, 0.5) is 5.69 Å². The van der Waals surface area contributed by atoms with E-state index in [4.69, 9.17) is 4.74 Å². The van der Waals surface area contributed by atoms with Crippen LogP contribution in [0, 0.1) is 0 Å². The van der Waals surface area contributed by atoms with E-state index in [-0.39, 0.29) is 34.9 Å². The smallest absolute Gasteiger partial charge is 0.341 e. The molecule has 3 N–H and O–H groups in total. The molecule has 1 amide bonds. The van der Waals surface area contributed by atoms with E-state index in [1.165, 1.54) is 37.4 Å². The van der Waals surface area contributed by atoms with Crippen molar-refractivity contribution in [1.82, 2.24) is 4.72 Å². The van der Waals surface area contributed by atoms with E-state index in [0.29, 0.717) is 11.5 Å². The molecule has 0 aliphatic carbocycles. The molecule has 5 aromatic rings. The molecule has 9 nitrogen and oxygen atoms in total. The summed E-state index contributed by atoms with van der Waals surface area (Å²) < 4.78 is 39.6. The van der Waals surface area contributed by atoms with Crippen LogP contribution in [0.15, 0.2) is 120 Å². The fourth-order valence-electron chi connectivity index (χ4n) is 4.70. The van der Waals surface area contributed by atoms with Crippen molar-refractivity contribution in [3.8, 4) is 17.2 Å². The number of anilines is 1. The molecule has 5 rings (SSSR count). The van der Waals surface area contributed by atoms with Crippen molar-refractivity contribution in [1.29, 1.82) is 0 Å². The van der Waals surface area contributed by atoms with Gasteiger partial charge in [-0.3, -0.25) is 4.79 Å². The molecule has 0 aromatic heterocycles. The molecular weight excluding hydrogens is 580 g/mol. The first-order valence-electron chi connectivity index (χ1n) is 13.7. The number of benzene rings is 5. The fourth-order valence-corrected chi connectivity index (χ4v) is 5.78. The predicted molar refractivity (Wildman–Crippen MR) is 168 cm³/mol. The van der Waals surface area contributed by atoms with Gasteiger partial charge in [-0.15, -0.1) is 0 Å². The van der Waals surface area contributed by atoms with Crippen molar-refractivity contribution in [3.05, 3.63) is 126 Å². The molecule has 0 radical (unpaired) electrons. The number of methoxy groups -OCH3 is 1. The molecule has 0 bridgehead atoms. The first-order chi connectivity index (χ1) is 21.2. The van der Waals surface area contributed by atoms with E-state index in [1.807, 2.05) is 60.7 Å². The summed E-state index contributed by atoms with van der Waals surface area (Å²) in [5.41, 5.74) is 1.02. The average molecular weight is 611 g/mol. The molecule has 0 saturated carbocycles. The van der Waals surface area contributed by atoms with Crippen molar-refractivity contribution in [2.75, 3.05) is 19.0 Å². The van der Waals surface area contributed by atoms with Gasteiger partial charge in [0.05, 0.1) is 12.0 Å². The summed E-state index contributed by atoms with van der Waals surface area (Å²) in [6.45, 7) is -0.0527. The summed E-state index contributed by atoms with van der Waals surface area (Å²) in [5.74, 6) is -0.858. The third kappa shape index (κ3) is 7.41. The summed E-state index contributed by atoms with van der Waals surface area (Å²) in [7, 11) is -2.72. The number of ether oxygens (including phenoxy) is 2. The summed E-state index contributed by atoms with van der Waals surface area (Å²) >= 11 is 0. The van der Waals surface area contributed by atoms with Gasteiger partial charge in [0.2, 0.25) is 15.9 Å². The minimum absolute atomic E-state index is 0.0337. The number of nitrogens with one attached hydrogen (secondary N) is 2. The number of hydrogen-bond acceptors (Lipinski definition) is 7. The maximum absolute atomic E-state index is 13.3. The van der Waals surface area contributed by atoms with Crippen molar-refractivity contribution >= 4 is 38.4 Å². The SMILES string of the molecule is COC(=O)c1ccc(NC(=O)CC(CNS(=O)(=O)c2ccc(Oc3ccccc3)cc2)c2ccc3ccccc3c2)cc1O. The number of carbonyl (C=O) groups is 2. The number of para-hydroxylation sites is 1. The van der Waals surface area contributed by atoms with Crippen LogP contribution in [0.25, 0.3) is 10.8 Å². The second-order valence-electron chi connectivity index (χ2n) is 10.0. The van der Waals surface area contributed by atoms with Crippen molar-refractivity contribution in [2.24, 2.45) is 0 Å². The van der Waals surface area contributed by atoms with Gasteiger partial charge in [-0.25, -0.2) is 17.9 Å². The Morgan fingerprint density at radius 2 is 1.48 bits per heavy atom. The van der Waals surface area contributed by atoms with E-state index < -0.39 is 27.8 Å². The molecule has 1 atom stereocenters. The number of aromatic hydroxyl groups is 1. The van der Waals surface area contributed by atoms with Crippen LogP contribution in [0.2, 0.25) is 0 Å². The number of esters is 1. The molecule has 0 fully saturated rings. The summed E-state index contributed by atoms with van der Waals surface area (Å²) in [5, 5.41) is 14.9. The zero-order valence-corrected chi connectivity index (χ0v) is 24.6. The Balaban J connectivity index is 1.32. The van der Waals surface area contributed by atoms with Gasteiger partial charge >= 0.3 is 5.97 Å². The fraction of sp³-hybridized carbons (Fsp3) is 0.118. The lowest BCUT2D eigenvalue weighted by Gasteiger charge is -2.19. The molecule has 44 heavy (non-hydrogen) atoms. The second-order valence-corrected chi connectivity index (χ2v) is 11.8. The quantitative estimate of drug-likeness (QED) is 0.151. The van der Waals surface area contributed by atoms with Crippen molar-refractivity contribution < 1.29 is 32.6 Å². The largest absolute Gasteiger partial charge is 0.507 e. The van der Waals surface area contributed by atoms with Gasteiger partial charge < -0.3 is 19.9 Å². The Morgan fingerprint density at radius 1 is 0.795 bits per heavy atom. The normalized spacial score (nSPS) is 11.9. The number of phenols is 1. The van der Waals surface area contributed by atoms with Crippen LogP contribution in [0.3, 0.4) is 0 Å². The van der Waals surface area contributed by atoms with E-state index in [1.54, 1.807) is 24.3 Å². The average Bonchev–Trinajstić information content (AvgIpc) is 3.03. The molecule has 10 heteroatoms. The number of hydrogen-bond donors (Lipinski definition) is 3. The lowest BCUT2D eigenvalue weighted by molar-refractivity contribution is -0.116. The number of sulfonamides is 1. The zero-order chi connectivity index (χ0) is 31.1. The Hall–Kier alpha value is -5.19. The Kier molecular flexibility index (Phi) is 9.23. The lowest BCUT2D eigenvalue weighted by Crippen LogP contribution is -2.30. The van der Waals surface area contributed by atoms with Gasteiger partial charge in [-0.05, 0) is 64.9 Å². The van der Waals surface area contributed by atoms with E-state index in [0.717, 1.165) is 16.3 Å². The molecule has 0 aliphatic rings. The van der Waals surface area contributed by atoms with Crippen LogP contribution in [0.1, 0.15) is 28.3 Å². The highest BCUT2D eigenvalue weighted by Gasteiger charge is 2.22. The topological polar surface area (TPSA) is 131 Å². The van der Waals surface area contributed by atoms with Gasteiger partial charge in [-0.2, -0.15) is 0 Å². The molecule has 5 aromatic carbocycles. The highest BCUT2D eigenvalue weighted by Crippen LogP contribution is 2.28. The van der Waals surface area contributed by atoms with Crippen LogP contribution in [-0.2, 0) is 19.6 Å². The highest BCUT2D eigenvalue weighted by atomic mass is 32.2. The first kappa shape index (κ1) is 30.3. The third-order valence-corrected chi connectivity index (χ3v) is 8.44. The van der Waals surface area contributed by atoms with Gasteiger partial charge in [-0.1, -0.05) is 60.7 Å². The van der Waals surface area contributed by atoms with Crippen molar-refractivity contribution in [2.45, 2.75) is 17.2 Å². The van der Waals surface area contributed by atoms with Gasteiger partial charge in [0, 0.05) is 30.6 Å². The molecule has 224 valence electrons. The van der Waals surface area contributed by atoms with Gasteiger partial charge in [0.15, 0.2) is 0 Å². The highest BCUT2D eigenvalue weighted by molar-refractivity contribution is 7.89. The number of phenolic OH excluding ortho intramolecular Hbond substituents is 1. The summed E-state index contributed by atoms with van der Waals surface area (Å²) in [6.07, 6.45) is -0.0652. The predicted octanol–water partition coefficient (Wildman–Crippen LogP) is 6.22. The zero-order valence-electron chi connectivity index (χ0n) is 23.8. The van der Waals surface area contributed by atoms with E-state index in [9.17, 15) is 23.1 Å². The van der Waals surface area contributed by atoms with E-state index >= 15 is 0 Å². The van der Waals surface area contributed by atoms with Gasteiger partial charge in [0.25, 0.3) is 0 Å². The lowest BCUT2D eigenvalue weighted by atomic mass is 9.93. The Bertz CT molecular complexity index is 1890. The number of fused-ring (bicyclic) bond motifs is 1. The minimum Gasteiger partial charge on any atom is -0.507 e. The van der Waals surface area contributed by atoms with Crippen LogP contribution in [0.5, 0.6) is 17.2 Å². The minimum atomic E-state index is -3.93. The third-order valence-electron chi connectivity index (χ3n) is 7.00. The van der Waals surface area contributed by atoms with E-state index in [2.05, 4.69) is 14.8 Å². The molecule has 0 spiro atoms. The van der Waals surface area contributed by atoms with Crippen LogP contribution in [-0.4, -0.2) is 39.1 Å². The van der Waals surface area contributed by atoms with Crippen molar-refractivity contribution in [3.63, 3.8) is 0 Å². The number of rotatable bonds is 11. The molecule has 0 aliphatic heterocycles. The number of carbonyl (C=O) groups excluding carboxylic acids is 2. The summed E-state index contributed by atoms with van der Waals surface area (Å²) in [6, 6.07) is 32.8. The molecule has 0 heterocycles. The maximum Gasteiger partial charge on any atom is 0.341 e. The Morgan fingerprint density at radius 3 is 2.18 bits per heavy atom. The second kappa shape index (κ2) is 13.4. The summed E-state index contributed by atoms with van der Waals surface area (Å²) in [4.78, 5) is 25.0. The van der Waals surface area contributed by atoms with Gasteiger partial charge in [0.1, 0.15) is 22.8 Å². The molecular formula is C34H30N2O7S. The van der Waals surface area contributed by atoms with Crippen LogP contribution < -0.4 is 14.8 Å². The number of amides is 1. The monoisotopic (exact) mass is 610 g/mol. The standard InChI is InChI=1S/C34H30N2O7S/c1-42-34(39)31-18-13-27(21-32(31)37)36-33(38)20-26(25-12-11-23-7-5-6-8-24(23)19-25)22-35-44(40,41)30-16-14-29(15-17-30)43-28-9-3-2-4-10-28/h2-19,21,26,35,37H,20,22H2,1H3,(H,36,38). The maximum atomic E-state index is 13.3. The molecule has 1 unspecified atom stereocenters. The Labute approximate surface area is 255 Å². The van der Waals surface area contributed by atoms with Crippen LogP contribution >= 0.6 is 0 Å². The first-order valence-corrected chi connectivity index (χ1v) is 15.2. The molecule has 0 saturated heterocycles.